The van der Waals surface area contributed by atoms with Gasteiger partial charge in [0.25, 0.3) is 0 Å². The standard InChI is InChI=1S/C20H19FN8O/c21-12-1-2-14-16(9-12)28(11-25-14)20-24-10-15-18(27-20)29(13-3-7-30-8-4-13)19(26-15)17-22-5-6-23-17/h1-2,9-11,13H,3-8H2,(H,22,23). The molecule has 1 fully saturated rings. The molecule has 9 nitrogen and oxygen atoms in total. The van der Waals surface area contributed by atoms with E-state index in [4.69, 9.17) is 14.7 Å². The van der Waals surface area contributed by atoms with Gasteiger partial charge in [0, 0.05) is 31.9 Å². The van der Waals surface area contributed by atoms with Gasteiger partial charge in [-0.1, -0.05) is 0 Å². The van der Waals surface area contributed by atoms with E-state index in [9.17, 15) is 4.39 Å². The Kier molecular flexibility index (Phi) is 3.98. The molecule has 0 radical (unpaired) electrons. The molecule has 0 unspecified atom stereocenters. The lowest BCUT2D eigenvalue weighted by Gasteiger charge is -2.25. The largest absolute Gasteiger partial charge is 0.381 e. The summed E-state index contributed by atoms with van der Waals surface area (Å²) >= 11 is 0. The highest BCUT2D eigenvalue weighted by atomic mass is 19.1. The summed E-state index contributed by atoms with van der Waals surface area (Å²) in [6.07, 6.45) is 5.08. The highest BCUT2D eigenvalue weighted by molar-refractivity contribution is 5.99. The molecule has 152 valence electrons. The molecule has 0 saturated carbocycles. The molecule has 2 aliphatic heterocycles. The first-order valence-corrected chi connectivity index (χ1v) is 10.0. The number of hydrogen-bond acceptors (Lipinski definition) is 7. The van der Waals surface area contributed by atoms with Crippen LogP contribution in [-0.2, 0) is 4.74 Å². The monoisotopic (exact) mass is 406 g/mol. The van der Waals surface area contributed by atoms with Crippen LogP contribution in [-0.4, -0.2) is 61.2 Å². The van der Waals surface area contributed by atoms with Crippen LogP contribution >= 0.6 is 0 Å². The number of aliphatic imine (C=N–C) groups is 1. The third-order valence-corrected chi connectivity index (χ3v) is 5.59. The van der Waals surface area contributed by atoms with Crippen molar-refractivity contribution in [2.24, 2.45) is 4.99 Å². The van der Waals surface area contributed by atoms with Crippen molar-refractivity contribution in [1.29, 1.82) is 0 Å². The summed E-state index contributed by atoms with van der Waals surface area (Å²) < 4.78 is 23.2. The zero-order valence-corrected chi connectivity index (χ0v) is 16.1. The van der Waals surface area contributed by atoms with Crippen LogP contribution in [0.2, 0.25) is 0 Å². The van der Waals surface area contributed by atoms with Crippen molar-refractivity contribution in [2.45, 2.75) is 18.9 Å². The zero-order chi connectivity index (χ0) is 20.1. The molecule has 0 amide bonds. The molecule has 1 aromatic carbocycles. The summed E-state index contributed by atoms with van der Waals surface area (Å²) in [5, 5.41) is 3.32. The first-order chi connectivity index (χ1) is 14.8. The van der Waals surface area contributed by atoms with E-state index in [-0.39, 0.29) is 11.9 Å². The summed E-state index contributed by atoms with van der Waals surface area (Å²) in [5.74, 6) is 1.67. The molecule has 0 atom stereocenters. The van der Waals surface area contributed by atoms with Gasteiger partial charge in [0.15, 0.2) is 17.3 Å². The van der Waals surface area contributed by atoms with E-state index in [1.165, 1.54) is 12.1 Å². The van der Waals surface area contributed by atoms with Gasteiger partial charge >= 0.3 is 0 Å². The number of hydrogen-bond donors (Lipinski definition) is 1. The Labute approximate surface area is 170 Å². The fraction of sp³-hybridized carbons (Fsp3) is 0.350. The van der Waals surface area contributed by atoms with E-state index in [0.717, 1.165) is 43.2 Å². The maximum Gasteiger partial charge on any atom is 0.237 e. The molecule has 0 bridgehead atoms. The van der Waals surface area contributed by atoms with Crippen LogP contribution in [0.1, 0.15) is 24.7 Å². The summed E-state index contributed by atoms with van der Waals surface area (Å²) in [7, 11) is 0. The minimum absolute atomic E-state index is 0.212. The molecule has 6 rings (SSSR count). The van der Waals surface area contributed by atoms with Gasteiger partial charge in [0.1, 0.15) is 17.7 Å². The van der Waals surface area contributed by atoms with Crippen LogP contribution in [0, 0.1) is 5.82 Å². The van der Waals surface area contributed by atoms with Crippen LogP contribution < -0.4 is 5.32 Å². The number of halogens is 1. The molecule has 30 heavy (non-hydrogen) atoms. The minimum Gasteiger partial charge on any atom is -0.381 e. The quantitative estimate of drug-likeness (QED) is 0.559. The van der Waals surface area contributed by atoms with Crippen molar-refractivity contribution in [2.75, 3.05) is 26.3 Å². The Morgan fingerprint density at radius 2 is 2.00 bits per heavy atom. The van der Waals surface area contributed by atoms with Gasteiger partial charge in [-0.15, -0.1) is 0 Å². The predicted octanol–water partition coefficient (Wildman–Crippen LogP) is 2.01. The molecular formula is C20H19FN8O. The molecule has 10 heteroatoms. The summed E-state index contributed by atoms with van der Waals surface area (Å²) in [6, 6.07) is 4.69. The van der Waals surface area contributed by atoms with E-state index < -0.39 is 0 Å². The number of benzene rings is 1. The number of ether oxygens (including phenoxy) is 1. The van der Waals surface area contributed by atoms with Crippen molar-refractivity contribution in [3.8, 4) is 5.95 Å². The fourth-order valence-corrected chi connectivity index (χ4v) is 4.14. The topological polar surface area (TPSA) is 95.0 Å². The van der Waals surface area contributed by atoms with Crippen molar-refractivity contribution >= 4 is 28.0 Å². The third-order valence-electron chi connectivity index (χ3n) is 5.59. The normalized spacial score (nSPS) is 17.6. The minimum atomic E-state index is -0.329. The predicted molar refractivity (Wildman–Crippen MR) is 108 cm³/mol. The first-order valence-electron chi connectivity index (χ1n) is 10.0. The lowest BCUT2D eigenvalue weighted by molar-refractivity contribution is 0.0703. The SMILES string of the molecule is Fc1ccc2ncn(-c3ncc4nc(C5=NCCN5)n(C5CCOCC5)c4n3)c2c1. The lowest BCUT2D eigenvalue weighted by atomic mass is 10.1. The molecule has 3 aromatic heterocycles. The van der Waals surface area contributed by atoms with Crippen LogP contribution in [0.3, 0.4) is 0 Å². The van der Waals surface area contributed by atoms with E-state index in [0.29, 0.717) is 35.7 Å². The number of nitrogens with one attached hydrogen (secondary N) is 1. The number of nitrogens with zero attached hydrogens (tertiary/aromatic N) is 7. The smallest absolute Gasteiger partial charge is 0.237 e. The van der Waals surface area contributed by atoms with E-state index >= 15 is 0 Å². The summed E-state index contributed by atoms with van der Waals surface area (Å²) in [5.41, 5.74) is 2.74. The molecule has 0 spiro atoms. The summed E-state index contributed by atoms with van der Waals surface area (Å²) in [4.78, 5) is 23.0. The Morgan fingerprint density at radius 1 is 1.10 bits per heavy atom. The molecular weight excluding hydrogens is 387 g/mol. The van der Waals surface area contributed by atoms with Gasteiger partial charge in [-0.05, 0) is 25.0 Å². The lowest BCUT2D eigenvalue weighted by Crippen LogP contribution is -2.28. The maximum atomic E-state index is 13.8. The second-order valence-corrected chi connectivity index (χ2v) is 7.43. The second kappa shape index (κ2) is 6.84. The van der Waals surface area contributed by atoms with E-state index in [2.05, 4.69) is 24.8 Å². The molecule has 2 aliphatic rings. The number of rotatable bonds is 3. The highest BCUT2D eigenvalue weighted by Crippen LogP contribution is 2.28. The Balaban J connectivity index is 1.55. The van der Waals surface area contributed by atoms with Crippen molar-refractivity contribution in [3.63, 3.8) is 0 Å². The van der Waals surface area contributed by atoms with Gasteiger partial charge in [0.05, 0.1) is 23.8 Å². The summed E-state index contributed by atoms with van der Waals surface area (Å²) in [6.45, 7) is 2.94. The average Bonchev–Trinajstić information content (AvgIpc) is 3.51. The molecule has 1 saturated heterocycles. The maximum absolute atomic E-state index is 13.8. The van der Waals surface area contributed by atoms with Gasteiger partial charge in [-0.3, -0.25) is 9.56 Å². The molecule has 1 N–H and O–H groups in total. The van der Waals surface area contributed by atoms with Gasteiger partial charge in [0.2, 0.25) is 5.95 Å². The highest BCUT2D eigenvalue weighted by Gasteiger charge is 2.26. The van der Waals surface area contributed by atoms with Gasteiger partial charge in [-0.2, -0.15) is 4.98 Å². The van der Waals surface area contributed by atoms with Gasteiger partial charge in [-0.25, -0.2) is 19.3 Å². The molecule has 4 aromatic rings. The zero-order valence-electron chi connectivity index (χ0n) is 16.1. The Morgan fingerprint density at radius 3 is 2.83 bits per heavy atom. The average molecular weight is 406 g/mol. The first kappa shape index (κ1) is 17.5. The second-order valence-electron chi connectivity index (χ2n) is 7.43. The van der Waals surface area contributed by atoms with Crippen LogP contribution in [0.15, 0.2) is 35.7 Å². The van der Waals surface area contributed by atoms with Crippen molar-refractivity contribution in [1.82, 2.24) is 34.4 Å². The Hall–Kier alpha value is -3.40. The molecule has 0 aliphatic carbocycles. The third kappa shape index (κ3) is 2.75. The number of imidazole rings is 2. The number of fused-ring (bicyclic) bond motifs is 2. The number of aromatic nitrogens is 6. The molecule has 5 heterocycles. The van der Waals surface area contributed by atoms with E-state index in [1.54, 1.807) is 23.2 Å². The van der Waals surface area contributed by atoms with Crippen LogP contribution in [0.5, 0.6) is 0 Å². The Bertz CT molecular complexity index is 1290. The fourth-order valence-electron chi connectivity index (χ4n) is 4.14. The van der Waals surface area contributed by atoms with Crippen molar-refractivity contribution < 1.29 is 9.13 Å². The van der Waals surface area contributed by atoms with Gasteiger partial charge < -0.3 is 14.6 Å². The van der Waals surface area contributed by atoms with Crippen LogP contribution in [0.25, 0.3) is 28.1 Å². The van der Waals surface area contributed by atoms with Crippen molar-refractivity contribution in [3.05, 3.63) is 42.4 Å². The number of amidine groups is 1. The van der Waals surface area contributed by atoms with E-state index in [1.807, 2.05) is 0 Å². The van der Waals surface area contributed by atoms with Crippen LogP contribution in [0.4, 0.5) is 4.39 Å².